The second-order valence-electron chi connectivity index (χ2n) is 4.40. The molecule has 0 aromatic carbocycles. The van der Waals surface area contributed by atoms with E-state index in [0.717, 1.165) is 24.0 Å². The summed E-state index contributed by atoms with van der Waals surface area (Å²) in [5.41, 5.74) is 2.26. The van der Waals surface area contributed by atoms with Crippen molar-refractivity contribution in [3.05, 3.63) is 45.7 Å². The molecular formula is C14H20IN5S. The minimum absolute atomic E-state index is 0. The van der Waals surface area contributed by atoms with Gasteiger partial charge in [0.1, 0.15) is 5.82 Å². The lowest BCUT2D eigenvalue weighted by Crippen LogP contribution is -2.36. The average Bonchev–Trinajstić information content (AvgIpc) is 2.85. The fourth-order valence-corrected chi connectivity index (χ4v) is 2.59. The molecule has 0 aliphatic carbocycles. The first-order chi connectivity index (χ1) is 9.69. The van der Waals surface area contributed by atoms with E-state index < -0.39 is 0 Å². The highest BCUT2D eigenvalue weighted by molar-refractivity contribution is 14.0. The first-order valence-corrected chi connectivity index (χ1v) is 7.33. The first-order valence-electron chi connectivity index (χ1n) is 6.45. The van der Waals surface area contributed by atoms with E-state index in [0.29, 0.717) is 6.54 Å². The minimum Gasteiger partial charge on any atom is -0.352 e. The molecule has 2 aromatic heterocycles. The largest absolute Gasteiger partial charge is 0.352 e. The van der Waals surface area contributed by atoms with E-state index >= 15 is 0 Å². The normalized spacial score (nSPS) is 10.9. The maximum absolute atomic E-state index is 4.35. The molecule has 7 heteroatoms. The number of thiophene rings is 1. The number of nitrogens with zero attached hydrogens (tertiary/aromatic N) is 3. The van der Waals surface area contributed by atoms with Crippen molar-refractivity contribution in [2.24, 2.45) is 4.99 Å². The number of rotatable bonds is 4. The molecule has 0 spiro atoms. The van der Waals surface area contributed by atoms with Crippen LogP contribution in [0.25, 0.3) is 0 Å². The Morgan fingerprint density at radius 2 is 2.00 bits per heavy atom. The second kappa shape index (κ2) is 8.93. The minimum atomic E-state index is 0. The topological polar surface area (TPSA) is 62.2 Å². The third kappa shape index (κ3) is 5.58. The zero-order valence-electron chi connectivity index (χ0n) is 12.4. The Hall–Kier alpha value is -1.22. The van der Waals surface area contributed by atoms with Crippen molar-refractivity contribution in [3.8, 4) is 0 Å². The van der Waals surface area contributed by atoms with Crippen molar-refractivity contribution in [2.75, 3.05) is 7.05 Å². The molecule has 2 aromatic rings. The van der Waals surface area contributed by atoms with Crippen LogP contribution in [0.3, 0.4) is 0 Å². The van der Waals surface area contributed by atoms with Gasteiger partial charge in [0.05, 0.1) is 18.8 Å². The summed E-state index contributed by atoms with van der Waals surface area (Å²) >= 11 is 1.75. The highest BCUT2D eigenvalue weighted by Crippen LogP contribution is 2.14. The molecule has 0 aliphatic heterocycles. The maximum atomic E-state index is 4.35. The van der Waals surface area contributed by atoms with Gasteiger partial charge >= 0.3 is 0 Å². The number of aliphatic imine (C=N–C) groups is 1. The van der Waals surface area contributed by atoms with Crippen LogP contribution < -0.4 is 10.6 Å². The number of nitrogens with one attached hydrogen (secondary N) is 2. The molecule has 21 heavy (non-hydrogen) atoms. The number of guanidine groups is 1. The molecule has 0 atom stereocenters. The summed E-state index contributed by atoms with van der Waals surface area (Å²) in [7, 11) is 1.77. The molecule has 2 heterocycles. The van der Waals surface area contributed by atoms with E-state index in [1.54, 1.807) is 24.6 Å². The lowest BCUT2D eigenvalue weighted by molar-refractivity contribution is 0.788. The monoisotopic (exact) mass is 417 g/mol. The Balaban J connectivity index is 0.00000220. The Kier molecular flexibility index (Phi) is 7.58. The van der Waals surface area contributed by atoms with Gasteiger partial charge in [0.15, 0.2) is 5.96 Å². The van der Waals surface area contributed by atoms with Gasteiger partial charge in [0.2, 0.25) is 0 Å². The summed E-state index contributed by atoms with van der Waals surface area (Å²) in [5.74, 6) is 1.55. The lowest BCUT2D eigenvalue weighted by atomic mass is 10.3. The summed E-state index contributed by atoms with van der Waals surface area (Å²) in [4.78, 5) is 14.0. The molecular weight excluding hydrogens is 397 g/mol. The quantitative estimate of drug-likeness (QED) is 0.456. The maximum Gasteiger partial charge on any atom is 0.191 e. The van der Waals surface area contributed by atoms with Gasteiger partial charge in [-0.05, 0) is 36.9 Å². The molecule has 0 fully saturated rings. The van der Waals surface area contributed by atoms with E-state index in [9.17, 15) is 0 Å². The Morgan fingerprint density at radius 1 is 1.24 bits per heavy atom. The smallest absolute Gasteiger partial charge is 0.191 e. The Labute approximate surface area is 146 Å². The number of aryl methyl sites for hydroxylation is 2. The number of aromatic nitrogens is 2. The van der Waals surface area contributed by atoms with E-state index in [-0.39, 0.29) is 24.0 Å². The van der Waals surface area contributed by atoms with E-state index in [2.05, 4.69) is 44.0 Å². The predicted molar refractivity (Wildman–Crippen MR) is 98.3 cm³/mol. The summed E-state index contributed by atoms with van der Waals surface area (Å²) in [5, 5.41) is 8.65. The molecule has 114 valence electrons. The Morgan fingerprint density at radius 3 is 2.62 bits per heavy atom. The van der Waals surface area contributed by atoms with E-state index in [1.807, 2.05) is 13.0 Å². The second-order valence-corrected chi connectivity index (χ2v) is 5.40. The number of halogens is 1. The molecule has 2 rings (SSSR count). The van der Waals surface area contributed by atoms with Crippen molar-refractivity contribution in [1.29, 1.82) is 0 Å². The summed E-state index contributed by atoms with van der Waals surface area (Å²) in [6, 6.07) is 4.03. The van der Waals surface area contributed by atoms with Crippen LogP contribution in [0.5, 0.6) is 0 Å². The summed E-state index contributed by atoms with van der Waals surface area (Å²) in [6.45, 7) is 5.42. The molecule has 0 amide bonds. The van der Waals surface area contributed by atoms with Gasteiger partial charge in [-0.15, -0.1) is 35.3 Å². The lowest BCUT2D eigenvalue weighted by Gasteiger charge is -2.11. The summed E-state index contributed by atoms with van der Waals surface area (Å²) in [6.07, 6.45) is 1.77. The van der Waals surface area contributed by atoms with Crippen LogP contribution in [0.4, 0.5) is 0 Å². The van der Waals surface area contributed by atoms with Crippen LogP contribution >= 0.6 is 35.3 Å². The van der Waals surface area contributed by atoms with Crippen LogP contribution in [0.2, 0.25) is 0 Å². The van der Waals surface area contributed by atoms with Crippen molar-refractivity contribution in [3.63, 3.8) is 0 Å². The van der Waals surface area contributed by atoms with Crippen LogP contribution in [0.15, 0.2) is 28.7 Å². The van der Waals surface area contributed by atoms with Gasteiger partial charge in [-0.3, -0.25) is 4.99 Å². The van der Waals surface area contributed by atoms with Crippen molar-refractivity contribution < 1.29 is 0 Å². The van der Waals surface area contributed by atoms with Crippen LogP contribution in [0, 0.1) is 13.8 Å². The Bertz CT molecular complexity index is 597. The van der Waals surface area contributed by atoms with Gasteiger partial charge in [0.25, 0.3) is 0 Å². The molecule has 0 aliphatic rings. The fourth-order valence-electron chi connectivity index (χ4n) is 1.75. The van der Waals surface area contributed by atoms with Crippen LogP contribution in [0.1, 0.15) is 22.0 Å². The SMILES string of the molecule is CN=C(NCc1ccnc(C)n1)NCc1sccc1C.I. The van der Waals surface area contributed by atoms with Gasteiger partial charge < -0.3 is 10.6 Å². The predicted octanol–water partition coefficient (Wildman–Crippen LogP) is 2.64. The number of hydrogen-bond donors (Lipinski definition) is 2. The highest BCUT2D eigenvalue weighted by atomic mass is 127. The molecule has 0 saturated carbocycles. The van der Waals surface area contributed by atoms with Gasteiger partial charge in [0, 0.05) is 18.1 Å². The molecule has 2 N–H and O–H groups in total. The number of hydrogen-bond acceptors (Lipinski definition) is 4. The van der Waals surface area contributed by atoms with Crippen molar-refractivity contribution in [2.45, 2.75) is 26.9 Å². The third-order valence-electron chi connectivity index (χ3n) is 2.88. The fraction of sp³-hybridized carbons (Fsp3) is 0.357. The van der Waals surface area contributed by atoms with Gasteiger partial charge in [-0.1, -0.05) is 0 Å². The third-order valence-corrected chi connectivity index (χ3v) is 3.90. The van der Waals surface area contributed by atoms with E-state index in [4.69, 9.17) is 0 Å². The zero-order chi connectivity index (χ0) is 14.4. The van der Waals surface area contributed by atoms with Crippen LogP contribution in [-0.2, 0) is 13.1 Å². The van der Waals surface area contributed by atoms with Crippen molar-refractivity contribution in [1.82, 2.24) is 20.6 Å². The highest BCUT2D eigenvalue weighted by Gasteiger charge is 2.03. The molecule has 5 nitrogen and oxygen atoms in total. The van der Waals surface area contributed by atoms with Crippen molar-refractivity contribution >= 4 is 41.3 Å². The molecule has 0 unspecified atom stereocenters. The van der Waals surface area contributed by atoms with E-state index in [1.165, 1.54) is 10.4 Å². The molecule has 0 bridgehead atoms. The molecule has 0 saturated heterocycles. The average molecular weight is 417 g/mol. The van der Waals surface area contributed by atoms with Gasteiger partial charge in [-0.2, -0.15) is 0 Å². The first kappa shape index (κ1) is 17.8. The van der Waals surface area contributed by atoms with Gasteiger partial charge in [-0.25, -0.2) is 9.97 Å². The standard InChI is InChI=1S/C14H19N5S.HI/c1-10-5-7-20-13(10)9-18-14(15-3)17-8-12-4-6-16-11(2)19-12;/h4-7H,8-9H2,1-3H3,(H2,15,17,18);1H. The zero-order valence-corrected chi connectivity index (χ0v) is 15.5. The van der Waals surface area contributed by atoms with Crippen LogP contribution in [-0.4, -0.2) is 23.0 Å². The molecule has 0 radical (unpaired) electrons. The summed E-state index contributed by atoms with van der Waals surface area (Å²) < 4.78 is 0.